The number of rotatable bonds is 8. The molecule has 1 aromatic heterocycles. The number of fused-ring (bicyclic) bond motifs is 5. The van der Waals surface area contributed by atoms with E-state index in [9.17, 15) is 29.1 Å². The number of esters is 5. The van der Waals surface area contributed by atoms with Crippen LogP contribution in [-0.4, -0.2) is 72.6 Å². The summed E-state index contributed by atoms with van der Waals surface area (Å²) < 4.78 is 35.6. The van der Waals surface area contributed by atoms with Crippen molar-refractivity contribution in [1.82, 2.24) is 0 Å². The van der Waals surface area contributed by atoms with Gasteiger partial charge in [-0.05, 0) is 50.7 Å². The number of methoxy groups -OCH3 is 1. The van der Waals surface area contributed by atoms with E-state index in [4.69, 9.17) is 28.1 Å². The van der Waals surface area contributed by atoms with Crippen LogP contribution in [0.1, 0.15) is 99.5 Å². The predicted molar refractivity (Wildman–Crippen MR) is 177 cm³/mol. The Labute approximate surface area is 293 Å². The van der Waals surface area contributed by atoms with Gasteiger partial charge in [-0.25, -0.2) is 0 Å². The molecule has 50 heavy (non-hydrogen) atoms. The molecule has 0 bridgehead atoms. The number of aliphatic hydroxyl groups excluding tert-OH is 1. The van der Waals surface area contributed by atoms with E-state index in [2.05, 4.69) is 6.08 Å². The lowest BCUT2D eigenvalue weighted by Crippen LogP contribution is -2.76. The standard InChI is InChI=1S/C38H52O12/c1-11-19(2)47-33(43)30-31(50-22(5)41)32-37(8,25-13-12-24(35(25,30)6)23-14-15-46-18-23)28(48-20(3)39)16-26-36(7,34(44)45-10)27(42)17-29(38(26,32)9)49-21(4)40/h13-15,18-19,24,26-32,42H,11-12,16-17H2,1-10H3. The second kappa shape index (κ2) is 13.1. The number of hydrogen-bond acceptors (Lipinski definition) is 12. The summed E-state index contributed by atoms with van der Waals surface area (Å²) in [5, 5.41) is 11.7. The number of carbonyl (C=O) groups excluding carboxylic acids is 5. The van der Waals surface area contributed by atoms with Crippen molar-refractivity contribution >= 4 is 29.8 Å². The molecule has 1 heterocycles. The van der Waals surface area contributed by atoms with Crippen LogP contribution in [0.2, 0.25) is 0 Å². The summed E-state index contributed by atoms with van der Waals surface area (Å²) in [7, 11) is 1.24. The number of furan rings is 1. The molecule has 0 aliphatic heterocycles. The van der Waals surface area contributed by atoms with Gasteiger partial charge in [0.1, 0.15) is 24.2 Å². The highest BCUT2D eigenvalue weighted by atomic mass is 16.6. The fourth-order valence-corrected chi connectivity index (χ4v) is 10.9. The lowest BCUT2D eigenvalue weighted by Gasteiger charge is -2.71. The Morgan fingerprint density at radius 2 is 1.56 bits per heavy atom. The summed E-state index contributed by atoms with van der Waals surface area (Å²) >= 11 is 0. The molecule has 4 aliphatic carbocycles. The van der Waals surface area contributed by atoms with Gasteiger partial charge in [-0.1, -0.05) is 39.3 Å². The Kier molecular flexibility index (Phi) is 9.88. The fraction of sp³-hybridized carbons (Fsp3) is 0.711. The average Bonchev–Trinajstić information content (AvgIpc) is 3.68. The van der Waals surface area contributed by atoms with Gasteiger partial charge < -0.3 is 33.2 Å². The SMILES string of the molecule is CCC(C)OC(=O)C1C(OC(C)=O)C2C(C)(C3=CCC(c4ccoc4)C31C)C(OC(C)=O)CC1C(C)(C(=O)OC)C(O)CC(OC(C)=O)C12C. The Hall–Kier alpha value is -3.67. The van der Waals surface area contributed by atoms with E-state index in [1.165, 1.54) is 27.9 Å². The number of ether oxygens (including phenoxy) is 5. The van der Waals surface area contributed by atoms with Gasteiger partial charge in [0.25, 0.3) is 0 Å². The first-order valence-electron chi connectivity index (χ1n) is 17.6. The molecule has 0 amide bonds. The molecule has 276 valence electrons. The van der Waals surface area contributed by atoms with Crippen LogP contribution < -0.4 is 0 Å². The molecule has 1 N–H and O–H groups in total. The molecule has 3 fully saturated rings. The minimum absolute atomic E-state index is 0.0715. The normalized spacial score (nSPS) is 40.9. The van der Waals surface area contributed by atoms with Crippen LogP contribution in [0.4, 0.5) is 0 Å². The monoisotopic (exact) mass is 700 g/mol. The van der Waals surface area contributed by atoms with Gasteiger partial charge in [0.15, 0.2) is 0 Å². The number of aliphatic hydroxyl groups is 1. The third kappa shape index (κ3) is 5.38. The molecule has 0 spiro atoms. The van der Waals surface area contributed by atoms with Crippen molar-refractivity contribution in [1.29, 1.82) is 0 Å². The van der Waals surface area contributed by atoms with E-state index >= 15 is 0 Å². The molecule has 0 saturated heterocycles. The van der Waals surface area contributed by atoms with E-state index in [1.54, 1.807) is 26.4 Å². The third-order valence-corrected chi connectivity index (χ3v) is 13.1. The second-order valence-electron chi connectivity index (χ2n) is 15.6. The molecular formula is C38H52O12. The Balaban J connectivity index is 1.89. The van der Waals surface area contributed by atoms with Gasteiger partial charge in [0, 0.05) is 55.3 Å². The Bertz CT molecular complexity index is 1550. The Morgan fingerprint density at radius 3 is 2.10 bits per heavy atom. The molecule has 4 aliphatic rings. The lowest BCUT2D eigenvalue weighted by molar-refractivity contribution is -0.288. The van der Waals surface area contributed by atoms with Gasteiger partial charge in [-0.15, -0.1) is 0 Å². The second-order valence-corrected chi connectivity index (χ2v) is 15.6. The first-order chi connectivity index (χ1) is 23.3. The average molecular weight is 701 g/mol. The molecule has 0 radical (unpaired) electrons. The van der Waals surface area contributed by atoms with E-state index in [0.717, 1.165) is 11.1 Å². The maximum atomic E-state index is 14.8. The van der Waals surface area contributed by atoms with Crippen molar-refractivity contribution in [3.05, 3.63) is 35.8 Å². The highest BCUT2D eigenvalue weighted by Gasteiger charge is 2.79. The van der Waals surface area contributed by atoms with E-state index in [-0.39, 0.29) is 18.8 Å². The largest absolute Gasteiger partial charge is 0.472 e. The quantitative estimate of drug-likeness (QED) is 0.218. The smallest absolute Gasteiger partial charge is 0.314 e. The minimum atomic E-state index is -1.57. The first-order valence-corrected chi connectivity index (χ1v) is 17.6. The number of allylic oxidation sites excluding steroid dienone is 1. The first kappa shape index (κ1) is 37.6. The Morgan fingerprint density at radius 1 is 0.940 bits per heavy atom. The zero-order chi connectivity index (χ0) is 37.1. The zero-order valence-corrected chi connectivity index (χ0v) is 30.8. The molecule has 5 rings (SSSR count). The van der Waals surface area contributed by atoms with Crippen LogP contribution in [-0.2, 0) is 47.7 Å². The molecular weight excluding hydrogens is 648 g/mol. The number of hydrogen-bond donors (Lipinski definition) is 1. The molecule has 12 heteroatoms. The molecule has 12 nitrogen and oxygen atoms in total. The zero-order valence-electron chi connectivity index (χ0n) is 30.8. The number of carbonyl (C=O) groups is 5. The van der Waals surface area contributed by atoms with Crippen molar-refractivity contribution in [2.45, 2.75) is 124 Å². The fourth-order valence-electron chi connectivity index (χ4n) is 10.9. The van der Waals surface area contributed by atoms with Crippen LogP contribution in [0.5, 0.6) is 0 Å². The molecule has 13 unspecified atom stereocenters. The van der Waals surface area contributed by atoms with Crippen LogP contribution in [0.15, 0.2) is 34.7 Å². The summed E-state index contributed by atoms with van der Waals surface area (Å²) in [6.07, 6.45) is 1.35. The van der Waals surface area contributed by atoms with Gasteiger partial charge >= 0.3 is 29.8 Å². The van der Waals surface area contributed by atoms with Crippen molar-refractivity contribution in [2.24, 2.45) is 39.4 Å². The topological polar surface area (TPSA) is 165 Å². The third-order valence-electron chi connectivity index (χ3n) is 13.1. The van der Waals surface area contributed by atoms with E-state index in [0.29, 0.717) is 12.8 Å². The van der Waals surface area contributed by atoms with Crippen molar-refractivity contribution in [3.8, 4) is 0 Å². The summed E-state index contributed by atoms with van der Waals surface area (Å²) in [6, 6.07) is 1.85. The van der Waals surface area contributed by atoms with Gasteiger partial charge in [-0.3, -0.25) is 24.0 Å². The summed E-state index contributed by atoms with van der Waals surface area (Å²) in [5.74, 6) is -6.24. The van der Waals surface area contributed by atoms with Crippen molar-refractivity contribution in [2.75, 3.05) is 7.11 Å². The lowest BCUT2D eigenvalue weighted by atomic mass is 9.34. The van der Waals surface area contributed by atoms with Gasteiger partial charge in [0.2, 0.25) is 0 Å². The summed E-state index contributed by atoms with van der Waals surface area (Å²) in [5.41, 5.74) is -3.37. The molecule has 1 aromatic rings. The van der Waals surface area contributed by atoms with E-state index in [1.807, 2.05) is 33.8 Å². The van der Waals surface area contributed by atoms with Gasteiger partial charge in [-0.2, -0.15) is 0 Å². The molecule has 3 saturated carbocycles. The summed E-state index contributed by atoms with van der Waals surface area (Å²) in [6.45, 7) is 14.9. The van der Waals surface area contributed by atoms with E-state index < -0.39 is 99.8 Å². The molecule has 13 atom stereocenters. The maximum absolute atomic E-state index is 14.8. The van der Waals surface area contributed by atoms with Crippen LogP contribution in [0.25, 0.3) is 0 Å². The minimum Gasteiger partial charge on any atom is -0.472 e. The highest BCUT2D eigenvalue weighted by Crippen LogP contribution is 2.76. The maximum Gasteiger partial charge on any atom is 0.314 e. The van der Waals surface area contributed by atoms with Crippen molar-refractivity contribution in [3.63, 3.8) is 0 Å². The summed E-state index contributed by atoms with van der Waals surface area (Å²) in [4.78, 5) is 67.6. The van der Waals surface area contributed by atoms with Crippen LogP contribution >= 0.6 is 0 Å². The molecule has 0 aromatic carbocycles. The highest BCUT2D eigenvalue weighted by molar-refractivity contribution is 5.80. The predicted octanol–water partition coefficient (Wildman–Crippen LogP) is 5.06. The van der Waals surface area contributed by atoms with Gasteiger partial charge in [0.05, 0.1) is 37.3 Å². The van der Waals surface area contributed by atoms with Crippen molar-refractivity contribution < 1.29 is 57.2 Å². The van der Waals surface area contributed by atoms with Crippen LogP contribution in [0.3, 0.4) is 0 Å². The van der Waals surface area contributed by atoms with Crippen LogP contribution in [0, 0.1) is 39.4 Å².